The molecule has 154 valence electrons. The highest BCUT2D eigenvalue weighted by Crippen LogP contribution is 2.41. The molecule has 0 aliphatic carbocycles. The number of aromatic nitrogens is 1. The Morgan fingerprint density at radius 2 is 2.14 bits per heavy atom. The Labute approximate surface area is 167 Å². The molecule has 4 rings (SSSR count). The highest BCUT2D eigenvalue weighted by molar-refractivity contribution is 6.04. The maximum absolute atomic E-state index is 13.2. The molecule has 1 saturated heterocycles. The lowest BCUT2D eigenvalue weighted by Gasteiger charge is -2.44. The van der Waals surface area contributed by atoms with Crippen LogP contribution in [0, 0.1) is 0 Å². The van der Waals surface area contributed by atoms with E-state index in [0.717, 1.165) is 0 Å². The van der Waals surface area contributed by atoms with Gasteiger partial charge in [-0.1, -0.05) is 0 Å². The third-order valence-electron chi connectivity index (χ3n) is 5.64. The second-order valence-electron chi connectivity index (χ2n) is 7.12. The minimum absolute atomic E-state index is 0.142. The van der Waals surface area contributed by atoms with Crippen molar-refractivity contribution in [2.45, 2.75) is 12.1 Å². The van der Waals surface area contributed by atoms with Crippen LogP contribution in [-0.2, 0) is 4.84 Å². The van der Waals surface area contributed by atoms with Crippen molar-refractivity contribution in [1.29, 1.82) is 0 Å². The standard InChI is InChI=1S/C19H23N5O5/c1-22-17(25)12-7-13(16-9-20-11-29-16)15(27-3)8-14(12)21-19(22)5-6-24(10-19)18(26)23(2)28-4/h7-9,11,21H,5-6,10H2,1-4H3. The summed E-state index contributed by atoms with van der Waals surface area (Å²) >= 11 is 0. The molecular weight excluding hydrogens is 378 g/mol. The predicted molar refractivity (Wildman–Crippen MR) is 103 cm³/mol. The SMILES string of the molecule is COc1cc2c(cc1-c1cnco1)C(=O)N(C)C1(CCN(C(=O)N(C)OC)C1)N2. The second-order valence-corrected chi connectivity index (χ2v) is 7.12. The van der Waals surface area contributed by atoms with E-state index in [9.17, 15) is 9.59 Å². The number of benzene rings is 1. The summed E-state index contributed by atoms with van der Waals surface area (Å²) < 4.78 is 10.9. The number of rotatable bonds is 3. The van der Waals surface area contributed by atoms with Crippen LogP contribution in [0.15, 0.2) is 29.1 Å². The predicted octanol–water partition coefficient (Wildman–Crippen LogP) is 1.86. The first-order valence-electron chi connectivity index (χ1n) is 9.14. The smallest absolute Gasteiger partial charge is 0.343 e. The number of fused-ring (bicyclic) bond motifs is 1. The monoisotopic (exact) mass is 401 g/mol. The van der Waals surface area contributed by atoms with Crippen molar-refractivity contribution in [3.05, 3.63) is 30.3 Å². The van der Waals surface area contributed by atoms with E-state index in [1.54, 1.807) is 49.3 Å². The number of oxazole rings is 1. The largest absolute Gasteiger partial charge is 0.496 e. The van der Waals surface area contributed by atoms with E-state index in [0.29, 0.717) is 47.8 Å². The number of hydroxylamine groups is 2. The van der Waals surface area contributed by atoms with Crippen molar-refractivity contribution in [2.24, 2.45) is 0 Å². The van der Waals surface area contributed by atoms with E-state index < -0.39 is 5.66 Å². The summed E-state index contributed by atoms with van der Waals surface area (Å²) in [5.74, 6) is 0.933. The van der Waals surface area contributed by atoms with Gasteiger partial charge in [0.2, 0.25) is 0 Å². The van der Waals surface area contributed by atoms with Crippen LogP contribution in [0.2, 0.25) is 0 Å². The first-order chi connectivity index (χ1) is 13.9. The number of hydrogen-bond acceptors (Lipinski definition) is 7. The maximum Gasteiger partial charge on any atom is 0.343 e. The molecule has 10 heteroatoms. The number of anilines is 1. The maximum atomic E-state index is 13.2. The van der Waals surface area contributed by atoms with Gasteiger partial charge < -0.3 is 24.3 Å². The molecule has 1 fully saturated rings. The fraction of sp³-hybridized carbons (Fsp3) is 0.421. The summed E-state index contributed by atoms with van der Waals surface area (Å²) in [5.41, 5.74) is 1.10. The Morgan fingerprint density at radius 1 is 1.34 bits per heavy atom. The Kier molecular flexibility index (Phi) is 4.58. The number of carbonyl (C=O) groups is 2. The normalized spacial score (nSPS) is 20.6. The number of hydrogen-bond donors (Lipinski definition) is 1. The van der Waals surface area contributed by atoms with Crippen LogP contribution >= 0.6 is 0 Å². The topological polar surface area (TPSA) is 100 Å². The molecule has 2 aliphatic rings. The number of urea groups is 1. The molecule has 1 atom stereocenters. The molecule has 0 radical (unpaired) electrons. The van der Waals surface area contributed by atoms with Gasteiger partial charge in [0.25, 0.3) is 5.91 Å². The average molecular weight is 401 g/mol. The Morgan fingerprint density at radius 3 is 2.79 bits per heavy atom. The van der Waals surface area contributed by atoms with Crippen LogP contribution in [0.3, 0.4) is 0 Å². The number of likely N-dealkylation sites (tertiary alicyclic amines) is 1. The number of carbonyl (C=O) groups excluding carboxylic acids is 2. The van der Waals surface area contributed by atoms with Gasteiger partial charge in [0, 0.05) is 33.1 Å². The van der Waals surface area contributed by atoms with Crippen LogP contribution in [0.1, 0.15) is 16.8 Å². The molecular formula is C19H23N5O5. The summed E-state index contributed by atoms with van der Waals surface area (Å²) in [6.07, 6.45) is 3.49. The number of nitrogens with zero attached hydrogens (tertiary/aromatic N) is 4. The van der Waals surface area contributed by atoms with E-state index in [1.165, 1.54) is 18.6 Å². The quantitative estimate of drug-likeness (QED) is 0.784. The lowest BCUT2D eigenvalue weighted by atomic mass is 9.96. The molecule has 29 heavy (non-hydrogen) atoms. The van der Waals surface area contributed by atoms with E-state index >= 15 is 0 Å². The van der Waals surface area contributed by atoms with Crippen molar-refractivity contribution < 1.29 is 23.6 Å². The molecule has 3 heterocycles. The fourth-order valence-electron chi connectivity index (χ4n) is 3.89. The van der Waals surface area contributed by atoms with Gasteiger partial charge in [-0.25, -0.2) is 14.8 Å². The van der Waals surface area contributed by atoms with Gasteiger partial charge in [0.15, 0.2) is 12.2 Å². The zero-order valence-corrected chi connectivity index (χ0v) is 16.8. The molecule has 1 unspecified atom stereocenters. The van der Waals surface area contributed by atoms with Gasteiger partial charge in [0.05, 0.1) is 43.8 Å². The van der Waals surface area contributed by atoms with Crippen LogP contribution in [-0.4, -0.2) is 78.9 Å². The molecule has 0 bridgehead atoms. The van der Waals surface area contributed by atoms with Gasteiger partial charge in [-0.15, -0.1) is 0 Å². The van der Waals surface area contributed by atoms with E-state index in [4.69, 9.17) is 14.0 Å². The highest BCUT2D eigenvalue weighted by atomic mass is 16.7. The number of methoxy groups -OCH3 is 1. The zero-order valence-electron chi connectivity index (χ0n) is 16.8. The van der Waals surface area contributed by atoms with Gasteiger partial charge in [-0.3, -0.25) is 9.63 Å². The lowest BCUT2D eigenvalue weighted by molar-refractivity contribution is -0.0750. The van der Waals surface area contributed by atoms with Crippen LogP contribution < -0.4 is 10.1 Å². The van der Waals surface area contributed by atoms with Crippen LogP contribution in [0.5, 0.6) is 5.75 Å². The summed E-state index contributed by atoms with van der Waals surface area (Å²) in [4.78, 5) is 37.9. The molecule has 2 aromatic rings. The van der Waals surface area contributed by atoms with Gasteiger partial charge in [-0.2, -0.15) is 0 Å². The molecule has 1 spiro atoms. The molecule has 1 N–H and O–H groups in total. The zero-order chi connectivity index (χ0) is 20.8. The first kappa shape index (κ1) is 19.1. The summed E-state index contributed by atoms with van der Waals surface area (Å²) in [5, 5.41) is 4.64. The number of ether oxygens (including phenoxy) is 1. The Bertz CT molecular complexity index is 947. The van der Waals surface area contributed by atoms with E-state index in [-0.39, 0.29) is 11.9 Å². The van der Waals surface area contributed by atoms with E-state index in [2.05, 4.69) is 10.3 Å². The highest BCUT2D eigenvalue weighted by Gasteiger charge is 2.49. The molecule has 1 aromatic heterocycles. The molecule has 10 nitrogen and oxygen atoms in total. The third-order valence-corrected chi connectivity index (χ3v) is 5.64. The number of nitrogens with one attached hydrogen (secondary N) is 1. The molecule has 0 saturated carbocycles. The van der Waals surface area contributed by atoms with Gasteiger partial charge in [0.1, 0.15) is 11.4 Å². The fourth-order valence-corrected chi connectivity index (χ4v) is 3.89. The summed E-state index contributed by atoms with van der Waals surface area (Å²) in [6, 6.07) is 3.27. The summed E-state index contributed by atoms with van der Waals surface area (Å²) in [6.45, 7) is 0.840. The van der Waals surface area contributed by atoms with Crippen LogP contribution in [0.4, 0.5) is 10.5 Å². The van der Waals surface area contributed by atoms with Gasteiger partial charge in [-0.05, 0) is 6.07 Å². The Balaban J connectivity index is 1.69. The van der Waals surface area contributed by atoms with E-state index in [1.807, 2.05) is 0 Å². The number of amides is 3. The first-order valence-corrected chi connectivity index (χ1v) is 9.14. The van der Waals surface area contributed by atoms with Crippen molar-refractivity contribution >= 4 is 17.6 Å². The van der Waals surface area contributed by atoms with Gasteiger partial charge >= 0.3 is 6.03 Å². The molecule has 2 aliphatic heterocycles. The third kappa shape index (κ3) is 2.96. The summed E-state index contributed by atoms with van der Waals surface area (Å²) in [7, 11) is 6.30. The average Bonchev–Trinajstić information content (AvgIpc) is 3.41. The minimum atomic E-state index is -0.701. The molecule has 1 aromatic carbocycles. The lowest BCUT2D eigenvalue weighted by Crippen LogP contribution is -2.60. The molecule has 3 amide bonds. The Hall–Kier alpha value is -3.27. The second kappa shape index (κ2) is 6.96. The van der Waals surface area contributed by atoms with Crippen molar-refractivity contribution in [3.8, 4) is 17.1 Å². The van der Waals surface area contributed by atoms with Crippen molar-refractivity contribution in [2.75, 3.05) is 46.7 Å². The number of likely N-dealkylation sites (N-methyl/N-ethyl adjacent to an activating group) is 1. The minimum Gasteiger partial charge on any atom is -0.496 e. The van der Waals surface area contributed by atoms with Crippen molar-refractivity contribution in [3.63, 3.8) is 0 Å². The van der Waals surface area contributed by atoms with Crippen LogP contribution in [0.25, 0.3) is 11.3 Å². The van der Waals surface area contributed by atoms with Crippen molar-refractivity contribution in [1.82, 2.24) is 19.8 Å².